The quantitative estimate of drug-likeness (QED) is 0.898. The summed E-state index contributed by atoms with van der Waals surface area (Å²) in [5.74, 6) is -0.274. The Morgan fingerprint density at radius 1 is 1.39 bits per heavy atom. The molecule has 1 N–H and O–H groups in total. The van der Waals surface area contributed by atoms with Crippen molar-refractivity contribution in [3.8, 4) is 6.07 Å². The van der Waals surface area contributed by atoms with Crippen LogP contribution in [0.25, 0.3) is 0 Å². The molecule has 1 aromatic heterocycles. The summed E-state index contributed by atoms with van der Waals surface area (Å²) in [5.41, 5.74) is 2.60. The number of anilines is 1. The molecule has 0 saturated heterocycles. The number of rotatable bonds is 3. The molecule has 1 aromatic carbocycles. The summed E-state index contributed by atoms with van der Waals surface area (Å²) >= 11 is 0. The van der Waals surface area contributed by atoms with Crippen LogP contribution in [0.4, 0.5) is 10.1 Å². The molecule has 0 spiro atoms. The standard InChI is InChI=1S/C14H12FN3/c1-10-3-2-4-13(15)14(10)18-9-11-5-6-17-12(7-11)8-16/h2-7,18H,9H2,1H3. The highest BCUT2D eigenvalue weighted by Crippen LogP contribution is 2.19. The number of halogens is 1. The number of aryl methyl sites for hydroxylation is 1. The first kappa shape index (κ1) is 12.1. The number of pyridine rings is 1. The van der Waals surface area contributed by atoms with Crippen molar-refractivity contribution >= 4 is 5.69 Å². The number of nitrogens with one attached hydrogen (secondary N) is 1. The van der Waals surface area contributed by atoms with Crippen molar-refractivity contribution < 1.29 is 4.39 Å². The minimum Gasteiger partial charge on any atom is -0.378 e. The predicted octanol–water partition coefficient (Wildman–Crippen LogP) is 3.01. The molecule has 0 amide bonds. The molecule has 0 fully saturated rings. The summed E-state index contributed by atoms with van der Waals surface area (Å²) in [7, 11) is 0. The zero-order valence-electron chi connectivity index (χ0n) is 9.94. The van der Waals surface area contributed by atoms with E-state index in [9.17, 15) is 4.39 Å². The van der Waals surface area contributed by atoms with E-state index in [1.165, 1.54) is 6.07 Å². The van der Waals surface area contributed by atoms with Crippen molar-refractivity contribution in [2.75, 3.05) is 5.32 Å². The predicted molar refractivity (Wildman–Crippen MR) is 67.4 cm³/mol. The molecule has 3 nitrogen and oxygen atoms in total. The van der Waals surface area contributed by atoms with E-state index in [1.807, 2.05) is 19.1 Å². The smallest absolute Gasteiger partial charge is 0.146 e. The van der Waals surface area contributed by atoms with Gasteiger partial charge in [-0.25, -0.2) is 9.37 Å². The summed E-state index contributed by atoms with van der Waals surface area (Å²) in [6.07, 6.45) is 1.57. The van der Waals surface area contributed by atoms with Crippen LogP contribution in [0.3, 0.4) is 0 Å². The van der Waals surface area contributed by atoms with Gasteiger partial charge in [-0.05, 0) is 36.2 Å². The fourth-order valence-electron chi connectivity index (χ4n) is 1.69. The largest absolute Gasteiger partial charge is 0.378 e. The lowest BCUT2D eigenvalue weighted by atomic mass is 10.1. The van der Waals surface area contributed by atoms with E-state index in [4.69, 9.17) is 5.26 Å². The van der Waals surface area contributed by atoms with E-state index in [1.54, 1.807) is 24.4 Å². The van der Waals surface area contributed by atoms with Gasteiger partial charge in [0.15, 0.2) is 0 Å². The van der Waals surface area contributed by atoms with Gasteiger partial charge in [0.25, 0.3) is 0 Å². The molecule has 0 aliphatic rings. The van der Waals surface area contributed by atoms with Crippen LogP contribution < -0.4 is 5.32 Å². The summed E-state index contributed by atoms with van der Waals surface area (Å²) in [6.45, 7) is 2.30. The normalized spacial score (nSPS) is 9.83. The molecule has 2 rings (SSSR count). The van der Waals surface area contributed by atoms with Crippen LogP contribution in [-0.4, -0.2) is 4.98 Å². The van der Waals surface area contributed by atoms with Gasteiger partial charge in [0.1, 0.15) is 17.6 Å². The number of para-hydroxylation sites is 1. The van der Waals surface area contributed by atoms with Gasteiger partial charge in [-0.2, -0.15) is 5.26 Å². The molecule has 4 heteroatoms. The van der Waals surface area contributed by atoms with Crippen molar-refractivity contribution in [3.05, 3.63) is 59.2 Å². The lowest BCUT2D eigenvalue weighted by Gasteiger charge is -2.10. The molecule has 18 heavy (non-hydrogen) atoms. The third-order valence-electron chi connectivity index (χ3n) is 2.63. The average molecular weight is 241 g/mol. The molecular weight excluding hydrogens is 229 g/mol. The molecule has 0 saturated carbocycles. The zero-order valence-corrected chi connectivity index (χ0v) is 9.94. The lowest BCUT2D eigenvalue weighted by Crippen LogP contribution is -2.03. The molecule has 0 unspecified atom stereocenters. The Morgan fingerprint density at radius 2 is 2.22 bits per heavy atom. The minimum atomic E-state index is -0.274. The van der Waals surface area contributed by atoms with Crippen LogP contribution in [0.2, 0.25) is 0 Å². The number of benzene rings is 1. The monoisotopic (exact) mass is 241 g/mol. The van der Waals surface area contributed by atoms with Gasteiger partial charge in [0, 0.05) is 12.7 Å². The Labute approximate surface area is 105 Å². The summed E-state index contributed by atoms with van der Waals surface area (Å²) < 4.78 is 13.6. The van der Waals surface area contributed by atoms with Gasteiger partial charge in [-0.1, -0.05) is 12.1 Å². The number of nitrogens with zero attached hydrogens (tertiary/aromatic N) is 2. The Balaban J connectivity index is 2.14. The maximum absolute atomic E-state index is 13.6. The van der Waals surface area contributed by atoms with Gasteiger partial charge in [-0.15, -0.1) is 0 Å². The molecule has 90 valence electrons. The second kappa shape index (κ2) is 5.28. The van der Waals surface area contributed by atoms with Crippen molar-refractivity contribution in [3.63, 3.8) is 0 Å². The molecule has 0 aliphatic carbocycles. The molecule has 2 aromatic rings. The summed E-state index contributed by atoms with van der Waals surface area (Å²) in [5, 5.41) is 11.8. The third-order valence-corrected chi connectivity index (χ3v) is 2.63. The first-order chi connectivity index (χ1) is 8.70. The van der Waals surface area contributed by atoms with Crippen molar-refractivity contribution in [1.29, 1.82) is 5.26 Å². The second-order valence-corrected chi connectivity index (χ2v) is 3.95. The molecule has 0 radical (unpaired) electrons. The molecule has 0 aliphatic heterocycles. The first-order valence-corrected chi connectivity index (χ1v) is 5.54. The Bertz CT molecular complexity index is 582. The first-order valence-electron chi connectivity index (χ1n) is 5.54. The number of hydrogen-bond donors (Lipinski definition) is 1. The highest BCUT2D eigenvalue weighted by atomic mass is 19.1. The third kappa shape index (κ3) is 2.64. The number of hydrogen-bond acceptors (Lipinski definition) is 3. The highest BCUT2D eigenvalue weighted by Gasteiger charge is 2.04. The van der Waals surface area contributed by atoms with Crippen LogP contribution in [0, 0.1) is 24.1 Å². The maximum atomic E-state index is 13.6. The SMILES string of the molecule is Cc1cccc(F)c1NCc1ccnc(C#N)c1. The number of aromatic nitrogens is 1. The molecule has 0 bridgehead atoms. The Morgan fingerprint density at radius 3 is 2.94 bits per heavy atom. The van der Waals surface area contributed by atoms with E-state index in [0.717, 1.165) is 11.1 Å². The molecule has 0 atom stereocenters. The van der Waals surface area contributed by atoms with Gasteiger partial charge >= 0.3 is 0 Å². The van der Waals surface area contributed by atoms with Crippen LogP contribution in [0.1, 0.15) is 16.8 Å². The maximum Gasteiger partial charge on any atom is 0.146 e. The van der Waals surface area contributed by atoms with E-state index in [2.05, 4.69) is 10.3 Å². The summed E-state index contributed by atoms with van der Waals surface area (Å²) in [6, 6.07) is 10.4. The highest BCUT2D eigenvalue weighted by molar-refractivity contribution is 5.52. The van der Waals surface area contributed by atoms with E-state index in [0.29, 0.717) is 17.9 Å². The van der Waals surface area contributed by atoms with E-state index < -0.39 is 0 Å². The van der Waals surface area contributed by atoms with Crippen LogP contribution >= 0.6 is 0 Å². The van der Waals surface area contributed by atoms with Gasteiger partial charge in [0.2, 0.25) is 0 Å². The van der Waals surface area contributed by atoms with Crippen molar-refractivity contribution in [2.45, 2.75) is 13.5 Å². The van der Waals surface area contributed by atoms with E-state index in [-0.39, 0.29) is 5.82 Å². The van der Waals surface area contributed by atoms with Crippen LogP contribution in [0.15, 0.2) is 36.5 Å². The summed E-state index contributed by atoms with van der Waals surface area (Å²) in [4.78, 5) is 3.89. The molecular formula is C14H12FN3. The van der Waals surface area contributed by atoms with Crippen molar-refractivity contribution in [1.82, 2.24) is 4.98 Å². The van der Waals surface area contributed by atoms with Crippen LogP contribution in [-0.2, 0) is 6.54 Å². The Kier molecular flexibility index (Phi) is 3.54. The zero-order chi connectivity index (χ0) is 13.0. The topological polar surface area (TPSA) is 48.7 Å². The fourth-order valence-corrected chi connectivity index (χ4v) is 1.69. The number of nitriles is 1. The van der Waals surface area contributed by atoms with Crippen molar-refractivity contribution in [2.24, 2.45) is 0 Å². The minimum absolute atomic E-state index is 0.274. The fraction of sp³-hybridized carbons (Fsp3) is 0.143. The van der Waals surface area contributed by atoms with Gasteiger partial charge in [-0.3, -0.25) is 0 Å². The van der Waals surface area contributed by atoms with Gasteiger partial charge < -0.3 is 5.32 Å². The molecule has 1 heterocycles. The lowest BCUT2D eigenvalue weighted by molar-refractivity contribution is 0.629. The van der Waals surface area contributed by atoms with Gasteiger partial charge in [0.05, 0.1) is 5.69 Å². The Hall–Kier alpha value is -2.41. The van der Waals surface area contributed by atoms with Crippen LogP contribution in [0.5, 0.6) is 0 Å². The average Bonchev–Trinajstić information content (AvgIpc) is 2.38. The second-order valence-electron chi connectivity index (χ2n) is 3.95. The van der Waals surface area contributed by atoms with E-state index >= 15 is 0 Å².